The number of halogens is 6. The van der Waals surface area contributed by atoms with Gasteiger partial charge in [-0.05, 0) is 35.7 Å². The van der Waals surface area contributed by atoms with Crippen LogP contribution >= 0.6 is 0 Å². The molecular formula is C19H8F6O2. The van der Waals surface area contributed by atoms with E-state index in [2.05, 4.69) is 0 Å². The highest BCUT2D eigenvalue weighted by Crippen LogP contribution is 2.38. The van der Waals surface area contributed by atoms with Gasteiger partial charge in [0.15, 0.2) is 0 Å². The minimum absolute atomic E-state index is 0.128. The van der Waals surface area contributed by atoms with Crippen molar-refractivity contribution in [1.82, 2.24) is 0 Å². The van der Waals surface area contributed by atoms with Crippen LogP contribution in [0.2, 0.25) is 0 Å². The fourth-order valence-corrected chi connectivity index (χ4v) is 3.13. The lowest BCUT2D eigenvalue weighted by atomic mass is 9.98. The van der Waals surface area contributed by atoms with Gasteiger partial charge < -0.3 is 4.42 Å². The molecular weight excluding hydrogens is 374 g/mol. The van der Waals surface area contributed by atoms with E-state index in [9.17, 15) is 31.1 Å². The molecule has 0 N–H and O–H groups in total. The van der Waals surface area contributed by atoms with E-state index >= 15 is 0 Å². The minimum Gasteiger partial charge on any atom is -0.456 e. The summed E-state index contributed by atoms with van der Waals surface area (Å²) < 4.78 is 84.6. The van der Waals surface area contributed by atoms with Crippen LogP contribution in [0.15, 0.2) is 57.7 Å². The predicted molar refractivity (Wildman–Crippen MR) is 87.5 cm³/mol. The van der Waals surface area contributed by atoms with Gasteiger partial charge in [-0.1, -0.05) is 18.2 Å². The van der Waals surface area contributed by atoms with E-state index in [0.29, 0.717) is 6.07 Å². The fraction of sp³-hybridized carbons (Fsp3) is 0.105. The van der Waals surface area contributed by atoms with Crippen LogP contribution in [0.4, 0.5) is 26.3 Å². The Morgan fingerprint density at radius 1 is 0.741 bits per heavy atom. The molecule has 0 aliphatic carbocycles. The van der Waals surface area contributed by atoms with Gasteiger partial charge in [-0.2, -0.15) is 26.3 Å². The van der Waals surface area contributed by atoms with Gasteiger partial charge in [0.2, 0.25) is 5.43 Å². The Labute approximate surface area is 146 Å². The van der Waals surface area contributed by atoms with Crippen molar-refractivity contribution in [3.63, 3.8) is 0 Å². The number of rotatable bonds is 0. The summed E-state index contributed by atoms with van der Waals surface area (Å²) in [7, 11) is 0. The first-order valence-corrected chi connectivity index (χ1v) is 7.64. The van der Waals surface area contributed by atoms with Crippen molar-refractivity contribution in [3.05, 3.63) is 69.9 Å². The van der Waals surface area contributed by atoms with Crippen LogP contribution in [0.3, 0.4) is 0 Å². The standard InChI is InChI=1S/C19H8F6O2/c20-18(21,22)10-5-7-13-11(8-10)17(26)16-14(27-13)6-4-9-2-1-3-12(15(9)16)19(23,24)25/h1-8H. The average molecular weight is 382 g/mol. The zero-order chi connectivity index (χ0) is 19.6. The summed E-state index contributed by atoms with van der Waals surface area (Å²) in [5.74, 6) is 0. The van der Waals surface area contributed by atoms with Crippen molar-refractivity contribution in [2.75, 3.05) is 0 Å². The van der Waals surface area contributed by atoms with Gasteiger partial charge >= 0.3 is 12.4 Å². The molecule has 8 heteroatoms. The van der Waals surface area contributed by atoms with Gasteiger partial charge in [-0.15, -0.1) is 0 Å². The fourth-order valence-electron chi connectivity index (χ4n) is 3.13. The summed E-state index contributed by atoms with van der Waals surface area (Å²) in [4.78, 5) is 12.9. The molecule has 2 nitrogen and oxygen atoms in total. The molecule has 0 atom stereocenters. The Morgan fingerprint density at radius 2 is 1.44 bits per heavy atom. The molecule has 4 aromatic rings. The van der Waals surface area contributed by atoms with Crippen LogP contribution in [-0.2, 0) is 12.4 Å². The second-order valence-electron chi connectivity index (χ2n) is 5.98. The smallest absolute Gasteiger partial charge is 0.417 e. The van der Waals surface area contributed by atoms with E-state index < -0.39 is 45.1 Å². The lowest BCUT2D eigenvalue weighted by molar-refractivity contribution is -0.137. The van der Waals surface area contributed by atoms with Crippen molar-refractivity contribution >= 4 is 32.7 Å². The van der Waals surface area contributed by atoms with Crippen LogP contribution in [0, 0.1) is 0 Å². The largest absolute Gasteiger partial charge is 0.456 e. The maximum absolute atomic E-state index is 13.4. The van der Waals surface area contributed by atoms with Crippen molar-refractivity contribution in [1.29, 1.82) is 0 Å². The topological polar surface area (TPSA) is 30.2 Å². The first-order chi connectivity index (χ1) is 12.6. The van der Waals surface area contributed by atoms with Gasteiger partial charge in [0.05, 0.1) is 21.9 Å². The maximum Gasteiger partial charge on any atom is 0.417 e. The Bertz CT molecular complexity index is 1270. The summed E-state index contributed by atoms with van der Waals surface area (Å²) in [6.45, 7) is 0. The lowest BCUT2D eigenvalue weighted by Crippen LogP contribution is -2.10. The molecule has 0 amide bonds. The molecule has 0 fully saturated rings. The highest BCUT2D eigenvalue weighted by molar-refractivity contribution is 6.10. The van der Waals surface area contributed by atoms with Crippen LogP contribution in [0.5, 0.6) is 0 Å². The molecule has 0 spiro atoms. The zero-order valence-electron chi connectivity index (χ0n) is 13.2. The molecule has 0 radical (unpaired) electrons. The van der Waals surface area contributed by atoms with Gasteiger partial charge in [0, 0.05) is 5.39 Å². The highest BCUT2D eigenvalue weighted by atomic mass is 19.4. The van der Waals surface area contributed by atoms with E-state index in [4.69, 9.17) is 4.42 Å². The molecule has 0 bridgehead atoms. The molecule has 0 saturated carbocycles. The number of benzene rings is 3. The van der Waals surface area contributed by atoms with E-state index in [1.165, 1.54) is 24.3 Å². The number of hydrogen-bond acceptors (Lipinski definition) is 2. The summed E-state index contributed by atoms with van der Waals surface area (Å²) in [6.07, 6.45) is -9.45. The Hall–Kier alpha value is -3.03. The maximum atomic E-state index is 13.4. The molecule has 4 rings (SSSR count). The Kier molecular flexibility index (Phi) is 3.53. The molecule has 138 valence electrons. The molecule has 1 heterocycles. The van der Waals surface area contributed by atoms with Crippen molar-refractivity contribution < 1.29 is 30.8 Å². The molecule has 0 saturated heterocycles. The van der Waals surface area contributed by atoms with Crippen molar-refractivity contribution in [2.45, 2.75) is 12.4 Å². The molecule has 0 aliphatic heterocycles. The first kappa shape index (κ1) is 17.4. The Balaban J connectivity index is 2.23. The lowest BCUT2D eigenvalue weighted by Gasteiger charge is -2.13. The molecule has 27 heavy (non-hydrogen) atoms. The third kappa shape index (κ3) is 2.72. The molecule has 1 aromatic heterocycles. The van der Waals surface area contributed by atoms with Gasteiger partial charge in [0.1, 0.15) is 11.2 Å². The predicted octanol–water partition coefficient (Wildman–Crippen LogP) is 6.14. The van der Waals surface area contributed by atoms with Crippen molar-refractivity contribution in [3.8, 4) is 0 Å². The molecule has 3 aromatic carbocycles. The summed E-state index contributed by atoms with van der Waals surface area (Å²) >= 11 is 0. The Morgan fingerprint density at radius 3 is 2.11 bits per heavy atom. The number of alkyl halides is 6. The number of hydrogen-bond donors (Lipinski definition) is 0. The third-order valence-electron chi connectivity index (χ3n) is 4.31. The quantitative estimate of drug-likeness (QED) is 0.208. The summed E-state index contributed by atoms with van der Waals surface area (Å²) in [5.41, 5.74) is -3.34. The second kappa shape index (κ2) is 5.48. The van der Waals surface area contributed by atoms with Crippen LogP contribution in [0.25, 0.3) is 32.7 Å². The van der Waals surface area contributed by atoms with Gasteiger partial charge in [0.25, 0.3) is 0 Å². The third-order valence-corrected chi connectivity index (χ3v) is 4.31. The van der Waals surface area contributed by atoms with Crippen molar-refractivity contribution in [2.24, 2.45) is 0 Å². The summed E-state index contributed by atoms with van der Waals surface area (Å²) in [6, 6.07) is 8.43. The number of fused-ring (bicyclic) bond motifs is 4. The van der Waals surface area contributed by atoms with Gasteiger partial charge in [-0.3, -0.25) is 4.79 Å². The zero-order valence-corrected chi connectivity index (χ0v) is 13.2. The minimum atomic E-state index is -4.75. The van der Waals surface area contributed by atoms with Crippen LogP contribution in [-0.4, -0.2) is 0 Å². The molecule has 0 aliphatic rings. The van der Waals surface area contributed by atoms with E-state index in [-0.39, 0.29) is 16.6 Å². The van der Waals surface area contributed by atoms with E-state index in [1.807, 2.05) is 0 Å². The second-order valence-corrected chi connectivity index (χ2v) is 5.98. The van der Waals surface area contributed by atoms with Gasteiger partial charge in [-0.25, -0.2) is 0 Å². The first-order valence-electron chi connectivity index (χ1n) is 7.64. The van der Waals surface area contributed by atoms with E-state index in [1.54, 1.807) is 0 Å². The molecule has 0 unspecified atom stereocenters. The highest BCUT2D eigenvalue weighted by Gasteiger charge is 2.34. The van der Waals surface area contributed by atoms with Crippen LogP contribution in [0.1, 0.15) is 11.1 Å². The summed E-state index contributed by atoms with van der Waals surface area (Å²) in [5, 5.41) is -1.08. The van der Waals surface area contributed by atoms with E-state index in [0.717, 1.165) is 18.2 Å². The van der Waals surface area contributed by atoms with Crippen LogP contribution < -0.4 is 5.43 Å². The average Bonchev–Trinajstić information content (AvgIpc) is 2.59. The monoisotopic (exact) mass is 382 g/mol. The normalized spacial score (nSPS) is 13.0. The SMILES string of the molecule is O=c1c2cc(C(F)(F)F)ccc2oc2ccc3cccc(C(F)(F)F)c3c12.